The summed E-state index contributed by atoms with van der Waals surface area (Å²) in [5.74, 6) is -1.23. The number of carboxylic acids is 1. The van der Waals surface area contributed by atoms with E-state index in [1.807, 2.05) is 13.0 Å². The maximum atomic E-state index is 13.7. The second-order valence-electron chi connectivity index (χ2n) is 5.24. The number of benzene rings is 1. The number of likely N-dealkylation sites (tertiary alicyclic amines) is 1. The van der Waals surface area contributed by atoms with Crippen molar-refractivity contribution in [3.05, 3.63) is 29.6 Å². The molecule has 4 nitrogen and oxygen atoms in total. The van der Waals surface area contributed by atoms with Crippen molar-refractivity contribution in [1.82, 2.24) is 4.90 Å². The molecule has 1 saturated heterocycles. The van der Waals surface area contributed by atoms with Crippen LogP contribution in [0.3, 0.4) is 0 Å². The minimum absolute atomic E-state index is 0.00226. The first-order valence-corrected chi connectivity index (χ1v) is 6.83. The van der Waals surface area contributed by atoms with E-state index in [0.29, 0.717) is 6.54 Å². The molecule has 1 heterocycles. The van der Waals surface area contributed by atoms with Crippen molar-refractivity contribution in [3.63, 3.8) is 0 Å². The first kappa shape index (κ1) is 14.8. The molecule has 2 atom stereocenters. The van der Waals surface area contributed by atoms with Gasteiger partial charge in [-0.05, 0) is 44.0 Å². The van der Waals surface area contributed by atoms with Gasteiger partial charge in [0.25, 0.3) is 0 Å². The number of rotatable bonds is 4. The Kier molecular flexibility index (Phi) is 4.60. The second kappa shape index (κ2) is 6.22. The van der Waals surface area contributed by atoms with Gasteiger partial charge in [0.15, 0.2) is 11.6 Å². The van der Waals surface area contributed by atoms with Crippen LogP contribution in [0.1, 0.15) is 31.4 Å². The topological polar surface area (TPSA) is 49.8 Å². The summed E-state index contributed by atoms with van der Waals surface area (Å²) in [6, 6.07) is 4.91. The summed E-state index contributed by atoms with van der Waals surface area (Å²) in [5, 5.41) is 9.12. The molecule has 0 saturated carbocycles. The van der Waals surface area contributed by atoms with Gasteiger partial charge >= 0.3 is 5.97 Å². The second-order valence-corrected chi connectivity index (χ2v) is 5.24. The smallest absolute Gasteiger partial charge is 0.307 e. The van der Waals surface area contributed by atoms with Crippen LogP contribution in [-0.4, -0.2) is 36.2 Å². The molecule has 1 aliphatic rings. The molecule has 2 unspecified atom stereocenters. The summed E-state index contributed by atoms with van der Waals surface area (Å²) in [6.07, 6.45) is 1.58. The molecule has 0 aliphatic carbocycles. The van der Waals surface area contributed by atoms with Crippen molar-refractivity contribution in [2.45, 2.75) is 25.8 Å². The Morgan fingerprint density at radius 3 is 2.90 bits per heavy atom. The first-order valence-electron chi connectivity index (χ1n) is 6.83. The number of carboxylic acid groups (broad SMARTS) is 1. The van der Waals surface area contributed by atoms with E-state index in [-0.39, 0.29) is 23.5 Å². The molecule has 0 radical (unpaired) electrons. The maximum absolute atomic E-state index is 13.7. The number of nitrogens with zero attached hydrogens (tertiary/aromatic N) is 1. The van der Waals surface area contributed by atoms with Gasteiger partial charge in [-0.1, -0.05) is 6.07 Å². The highest BCUT2D eigenvalue weighted by Crippen LogP contribution is 2.29. The number of carbonyl (C=O) groups is 1. The molecule has 1 fully saturated rings. The Bertz CT molecular complexity index is 492. The van der Waals surface area contributed by atoms with Gasteiger partial charge in [0.1, 0.15) is 0 Å². The lowest BCUT2D eigenvalue weighted by Crippen LogP contribution is -2.40. The van der Waals surface area contributed by atoms with Crippen molar-refractivity contribution in [1.29, 1.82) is 0 Å². The van der Waals surface area contributed by atoms with Gasteiger partial charge in [-0.25, -0.2) is 4.39 Å². The van der Waals surface area contributed by atoms with Crippen LogP contribution < -0.4 is 4.74 Å². The fraction of sp³-hybridized carbons (Fsp3) is 0.533. The summed E-state index contributed by atoms with van der Waals surface area (Å²) in [7, 11) is 1.43. The maximum Gasteiger partial charge on any atom is 0.307 e. The molecule has 0 aromatic heterocycles. The van der Waals surface area contributed by atoms with Crippen LogP contribution in [0.2, 0.25) is 0 Å². The zero-order valence-electron chi connectivity index (χ0n) is 11.8. The van der Waals surface area contributed by atoms with E-state index in [1.165, 1.54) is 13.2 Å². The van der Waals surface area contributed by atoms with E-state index in [4.69, 9.17) is 9.84 Å². The quantitative estimate of drug-likeness (QED) is 0.922. The fourth-order valence-electron chi connectivity index (χ4n) is 2.71. The van der Waals surface area contributed by atoms with Crippen molar-refractivity contribution in [3.8, 4) is 5.75 Å². The van der Waals surface area contributed by atoms with Gasteiger partial charge < -0.3 is 9.84 Å². The van der Waals surface area contributed by atoms with Gasteiger partial charge in [-0.2, -0.15) is 0 Å². The highest BCUT2D eigenvalue weighted by atomic mass is 19.1. The molecule has 1 aromatic carbocycles. The van der Waals surface area contributed by atoms with Gasteiger partial charge in [-0.15, -0.1) is 0 Å². The van der Waals surface area contributed by atoms with Gasteiger partial charge in [-0.3, -0.25) is 9.69 Å². The number of piperidine rings is 1. The molecule has 2 rings (SSSR count). The molecule has 0 spiro atoms. The number of aliphatic carboxylic acids is 1. The summed E-state index contributed by atoms with van der Waals surface area (Å²) in [4.78, 5) is 13.2. The van der Waals surface area contributed by atoms with E-state index in [0.717, 1.165) is 24.9 Å². The highest BCUT2D eigenvalue weighted by molar-refractivity contribution is 5.70. The highest BCUT2D eigenvalue weighted by Gasteiger charge is 2.28. The van der Waals surface area contributed by atoms with Gasteiger partial charge in [0.2, 0.25) is 0 Å². The average Bonchev–Trinajstić information content (AvgIpc) is 2.46. The molecule has 0 bridgehead atoms. The number of halogens is 1. The minimum Gasteiger partial charge on any atom is -0.494 e. The lowest BCUT2D eigenvalue weighted by Gasteiger charge is -2.35. The molecular weight excluding hydrogens is 261 g/mol. The number of ether oxygens (including phenoxy) is 1. The van der Waals surface area contributed by atoms with Crippen LogP contribution >= 0.6 is 0 Å². The minimum atomic E-state index is -0.747. The molecule has 1 aromatic rings. The molecule has 1 aliphatic heterocycles. The fourth-order valence-corrected chi connectivity index (χ4v) is 2.71. The number of methoxy groups -OCH3 is 1. The summed E-state index contributed by atoms with van der Waals surface area (Å²) < 4.78 is 18.7. The van der Waals surface area contributed by atoms with Crippen molar-refractivity contribution in [2.24, 2.45) is 5.92 Å². The van der Waals surface area contributed by atoms with E-state index < -0.39 is 5.97 Å². The Labute approximate surface area is 118 Å². The predicted octanol–water partition coefficient (Wildman–Crippen LogP) is 2.69. The summed E-state index contributed by atoms with van der Waals surface area (Å²) >= 11 is 0. The molecule has 5 heteroatoms. The molecular formula is C15H20FNO3. The van der Waals surface area contributed by atoms with Gasteiger partial charge in [0, 0.05) is 12.6 Å². The Morgan fingerprint density at radius 2 is 2.30 bits per heavy atom. The Hall–Kier alpha value is -1.62. The van der Waals surface area contributed by atoms with Crippen LogP contribution in [0.25, 0.3) is 0 Å². The average molecular weight is 281 g/mol. The lowest BCUT2D eigenvalue weighted by molar-refractivity contribution is -0.143. The van der Waals surface area contributed by atoms with Crippen LogP contribution in [0.5, 0.6) is 5.75 Å². The van der Waals surface area contributed by atoms with E-state index in [9.17, 15) is 9.18 Å². The third-order valence-corrected chi connectivity index (χ3v) is 4.01. The predicted molar refractivity (Wildman–Crippen MR) is 73.3 cm³/mol. The monoisotopic (exact) mass is 281 g/mol. The first-order chi connectivity index (χ1) is 9.52. The lowest BCUT2D eigenvalue weighted by atomic mass is 9.95. The van der Waals surface area contributed by atoms with Crippen molar-refractivity contribution >= 4 is 5.97 Å². The molecule has 110 valence electrons. The van der Waals surface area contributed by atoms with E-state index in [2.05, 4.69) is 4.90 Å². The summed E-state index contributed by atoms with van der Waals surface area (Å²) in [5.41, 5.74) is 0.842. The third kappa shape index (κ3) is 3.10. The third-order valence-electron chi connectivity index (χ3n) is 4.01. The van der Waals surface area contributed by atoms with E-state index >= 15 is 0 Å². The standard InChI is InChI=1S/C15H20FNO3/c1-10(11-5-6-14(20-2)13(16)8-11)17-7-3-4-12(9-17)15(18)19/h5-6,8,10,12H,3-4,7,9H2,1-2H3,(H,18,19). The van der Waals surface area contributed by atoms with Gasteiger partial charge in [0.05, 0.1) is 13.0 Å². The van der Waals surface area contributed by atoms with Crippen LogP contribution in [0, 0.1) is 11.7 Å². The summed E-state index contributed by atoms with van der Waals surface area (Å²) in [6.45, 7) is 3.34. The normalized spacial score (nSPS) is 21.4. The Morgan fingerprint density at radius 1 is 1.55 bits per heavy atom. The molecule has 1 N–H and O–H groups in total. The molecule has 20 heavy (non-hydrogen) atoms. The van der Waals surface area contributed by atoms with E-state index in [1.54, 1.807) is 6.07 Å². The zero-order chi connectivity index (χ0) is 14.7. The van der Waals surface area contributed by atoms with Crippen molar-refractivity contribution in [2.75, 3.05) is 20.2 Å². The zero-order valence-corrected chi connectivity index (χ0v) is 11.8. The number of hydrogen-bond acceptors (Lipinski definition) is 3. The van der Waals surface area contributed by atoms with Crippen molar-refractivity contribution < 1.29 is 19.0 Å². The van der Waals surface area contributed by atoms with Crippen LogP contribution in [0.4, 0.5) is 4.39 Å². The largest absolute Gasteiger partial charge is 0.494 e. The number of hydrogen-bond donors (Lipinski definition) is 1. The molecule has 0 amide bonds. The SMILES string of the molecule is COc1ccc(C(C)N2CCCC(C(=O)O)C2)cc1F. The Balaban J connectivity index is 2.12. The van der Waals surface area contributed by atoms with Crippen LogP contribution in [0.15, 0.2) is 18.2 Å². The van der Waals surface area contributed by atoms with Crippen LogP contribution in [-0.2, 0) is 4.79 Å².